The average molecular weight is 1270 g/mol. The number of nitrogens with one attached hydrogen (secondary N) is 2. The molecule has 7 amide bonds. The molecular formula is C62H90N13O14P. The topological polar surface area (TPSA) is 460 Å². The number of allylic oxidation sites excluding steroid dienone is 6. The second-order valence-electron chi connectivity index (χ2n) is 27.1. The summed E-state index contributed by atoms with van der Waals surface area (Å²) < 4.78 is 32.3. The third kappa shape index (κ3) is 13.0. The molecule has 2 fully saturated rings. The molecule has 6 aliphatic rings. The summed E-state index contributed by atoms with van der Waals surface area (Å²) in [7, 11) is -5.07. The van der Waals surface area contributed by atoms with E-state index in [0.717, 1.165) is 11.1 Å². The van der Waals surface area contributed by atoms with Crippen LogP contribution in [0, 0.1) is 59.2 Å². The first-order valence-corrected chi connectivity index (χ1v) is 32.1. The number of hydrogen-bond acceptors (Lipinski definition) is 18. The quantitative estimate of drug-likeness (QED) is 0.0603. The van der Waals surface area contributed by atoms with E-state index >= 15 is 0 Å². The van der Waals surface area contributed by atoms with E-state index in [1.54, 1.807) is 4.57 Å². The smallest absolute Gasteiger partial charge is 0.394 e. The van der Waals surface area contributed by atoms with Crippen molar-refractivity contribution in [2.24, 2.45) is 94.7 Å². The maximum Gasteiger partial charge on any atom is 0.472 e. The number of ether oxygens (including phenoxy) is 1. The fraction of sp³-hybridized carbons (Fsp3) is 0.629. The molecule has 7 heterocycles. The highest BCUT2D eigenvalue weighted by Crippen LogP contribution is 2.63. The second-order valence-corrected chi connectivity index (χ2v) is 28.4. The van der Waals surface area contributed by atoms with Crippen molar-refractivity contribution in [1.82, 2.24) is 20.2 Å². The largest absolute Gasteiger partial charge is 0.472 e. The number of aryl methyl sites for hydroxylation is 2. The molecule has 17 N–H and O–H groups in total. The zero-order valence-electron chi connectivity index (χ0n) is 53.3. The summed E-state index contributed by atoms with van der Waals surface area (Å²) in [6.07, 6.45) is -4.26. The molecule has 90 heavy (non-hydrogen) atoms. The molecule has 2 saturated heterocycles. The van der Waals surface area contributed by atoms with Gasteiger partial charge in [-0.05, 0) is 108 Å². The predicted octanol–water partition coefficient (Wildman–Crippen LogP) is 3.16. The van der Waals surface area contributed by atoms with Gasteiger partial charge in [-0.25, -0.2) is 9.55 Å². The van der Waals surface area contributed by atoms with Crippen molar-refractivity contribution in [2.75, 3.05) is 13.2 Å². The number of aliphatic imine (C=N–C) groups is 3. The molecule has 2 aromatic rings. The minimum atomic E-state index is -5.07. The molecule has 4 unspecified atom stereocenters. The van der Waals surface area contributed by atoms with Crippen molar-refractivity contribution in [3.63, 3.8) is 0 Å². The molecule has 15 atom stereocenters. The van der Waals surface area contributed by atoms with Crippen LogP contribution in [0.3, 0.4) is 0 Å². The molecule has 27 nitrogen and oxygen atoms in total. The molecule has 8 bridgehead atoms. The molecular weight excluding hydrogens is 1180 g/mol. The first kappa shape index (κ1) is 68.9. The molecule has 0 aliphatic carbocycles. The Morgan fingerprint density at radius 3 is 1.99 bits per heavy atom. The second kappa shape index (κ2) is 25.6. The van der Waals surface area contributed by atoms with Gasteiger partial charge in [-0.15, -0.1) is 0 Å². The van der Waals surface area contributed by atoms with E-state index in [1.807, 2.05) is 87.4 Å². The average Bonchev–Trinajstić information content (AvgIpc) is 1.53. The van der Waals surface area contributed by atoms with Crippen molar-refractivity contribution < 1.29 is 67.0 Å². The number of nitrogens with two attached hydrogens (primary N) is 6. The van der Waals surface area contributed by atoms with E-state index in [0.29, 0.717) is 56.4 Å². The number of benzene rings is 1. The van der Waals surface area contributed by atoms with Crippen LogP contribution in [-0.2, 0) is 51.9 Å². The number of imidazole rings is 1. The summed E-state index contributed by atoms with van der Waals surface area (Å²) in [6, 6.07) is 2.70. The highest BCUT2D eigenvalue weighted by Gasteiger charge is 2.66. The van der Waals surface area contributed by atoms with Crippen molar-refractivity contribution in [2.45, 2.75) is 189 Å². The molecule has 0 radical (unpaired) electrons. The lowest BCUT2D eigenvalue weighted by molar-refractivity contribution is -0.124. The Morgan fingerprint density at radius 2 is 1.40 bits per heavy atom. The minimum Gasteiger partial charge on any atom is -0.394 e. The number of aliphatic hydroxyl groups excluding tert-OH is 2. The number of nitrogens with zero attached hydrogens (tertiary/aromatic N) is 5. The van der Waals surface area contributed by atoms with E-state index in [2.05, 4.69) is 15.6 Å². The lowest BCUT2D eigenvalue weighted by Crippen LogP contribution is -2.56. The Morgan fingerprint density at radius 1 is 0.800 bits per heavy atom. The number of amides is 7. The normalized spacial score (nSPS) is 32.8. The SMILES string of the molecule is CC1=C2N=C(C=C3N/C(=C(/C)C4=NC(C)(C5N=C1[C@](C)(CCC(=O)NCC(C)OP(=O)(O)O[C@H]1[C@@H](O)[C@@H](n6cnc7cc(C)c(C)cc76)O[C@@H]1CO)[C@H]5CC(N)=O)[C@@](C)(CC(N)=O)[C@@H]4CCC(N)=O)[C@@](C)(CC(N)=O)[C@@H]3CCC(N)=O)C(C)(C)[C@@H]2CCC(N)=O. The summed E-state index contributed by atoms with van der Waals surface area (Å²) in [5, 5.41) is 28.2. The highest BCUT2D eigenvalue weighted by molar-refractivity contribution is 7.47. The van der Waals surface area contributed by atoms with Crippen LogP contribution in [0.15, 0.2) is 67.8 Å². The van der Waals surface area contributed by atoms with Gasteiger partial charge in [0.15, 0.2) is 6.23 Å². The van der Waals surface area contributed by atoms with Gasteiger partial charge in [0.1, 0.15) is 18.3 Å². The number of carbonyl (C=O) groups is 7. The Kier molecular flexibility index (Phi) is 19.6. The monoisotopic (exact) mass is 1270 g/mol. The van der Waals surface area contributed by atoms with Gasteiger partial charge in [0.25, 0.3) is 0 Å². The van der Waals surface area contributed by atoms with Crippen LogP contribution < -0.4 is 45.0 Å². The first-order valence-electron chi connectivity index (χ1n) is 30.6. The number of phosphoric acid groups is 1. The Labute approximate surface area is 523 Å². The number of rotatable bonds is 26. The number of carbonyl (C=O) groups excluding carboxylic acids is 7. The highest BCUT2D eigenvalue weighted by atomic mass is 31.2. The summed E-state index contributed by atoms with van der Waals surface area (Å²) >= 11 is 0. The lowest BCUT2D eigenvalue weighted by atomic mass is 9.55. The van der Waals surface area contributed by atoms with Gasteiger partial charge in [0.2, 0.25) is 41.4 Å². The molecule has 6 aliphatic heterocycles. The van der Waals surface area contributed by atoms with Crippen LogP contribution in [0.2, 0.25) is 0 Å². The Balaban J connectivity index is 1.19. The third-order valence-electron chi connectivity index (χ3n) is 20.6. The summed E-state index contributed by atoms with van der Waals surface area (Å²) in [6.45, 7) is 19.3. The zero-order chi connectivity index (χ0) is 66.7. The maximum atomic E-state index is 14.4. The minimum absolute atomic E-state index is 0.0114. The van der Waals surface area contributed by atoms with Gasteiger partial charge in [-0.3, -0.25) is 57.6 Å². The fourth-order valence-electron chi connectivity index (χ4n) is 15.4. The van der Waals surface area contributed by atoms with E-state index in [1.165, 1.54) is 13.3 Å². The summed E-state index contributed by atoms with van der Waals surface area (Å²) in [5.74, 6) is -7.18. The van der Waals surface area contributed by atoms with Gasteiger partial charge in [-0.2, -0.15) is 0 Å². The van der Waals surface area contributed by atoms with Gasteiger partial charge < -0.3 is 69.4 Å². The predicted molar refractivity (Wildman–Crippen MR) is 334 cm³/mol. The molecule has 1 aromatic heterocycles. The van der Waals surface area contributed by atoms with Gasteiger partial charge in [0, 0.05) is 131 Å². The van der Waals surface area contributed by atoms with Crippen LogP contribution >= 0.6 is 7.82 Å². The van der Waals surface area contributed by atoms with Crippen LogP contribution in [-0.4, -0.2) is 132 Å². The number of hydrogen-bond donors (Lipinski definition) is 11. The number of fused-ring (bicyclic) bond motifs is 7. The van der Waals surface area contributed by atoms with Crippen molar-refractivity contribution in [3.8, 4) is 0 Å². The van der Waals surface area contributed by atoms with Crippen molar-refractivity contribution >= 4 is 77.3 Å². The molecule has 492 valence electrons. The Hall–Kier alpha value is -7.00. The number of aromatic nitrogens is 2. The van der Waals surface area contributed by atoms with Crippen molar-refractivity contribution in [3.05, 3.63) is 63.9 Å². The van der Waals surface area contributed by atoms with Crippen LogP contribution in [0.5, 0.6) is 0 Å². The van der Waals surface area contributed by atoms with E-state index in [9.17, 15) is 53.2 Å². The third-order valence-corrected chi connectivity index (χ3v) is 21.7. The number of phosphoric ester groups is 1. The molecule has 8 rings (SSSR count). The van der Waals surface area contributed by atoms with Gasteiger partial charge in [-0.1, -0.05) is 34.6 Å². The fourth-order valence-corrected chi connectivity index (χ4v) is 16.6. The molecule has 28 heteroatoms. The Bertz CT molecular complexity index is 3540. The van der Waals surface area contributed by atoms with Crippen LogP contribution in [0.25, 0.3) is 11.0 Å². The molecule has 0 spiro atoms. The van der Waals surface area contributed by atoms with E-state index in [4.69, 9.17) is 63.2 Å². The van der Waals surface area contributed by atoms with Gasteiger partial charge in [0.05, 0.1) is 41.7 Å². The first-order chi connectivity index (χ1) is 41.8. The molecule has 1 aromatic carbocycles. The van der Waals surface area contributed by atoms with Crippen LogP contribution in [0.1, 0.15) is 150 Å². The lowest BCUT2D eigenvalue weighted by Gasteiger charge is -2.48. The zero-order valence-corrected chi connectivity index (χ0v) is 54.1. The van der Waals surface area contributed by atoms with Crippen molar-refractivity contribution in [1.29, 1.82) is 0 Å². The molecule has 0 saturated carbocycles. The summed E-state index contributed by atoms with van der Waals surface area (Å²) in [4.78, 5) is 126. The van der Waals surface area contributed by atoms with E-state index in [-0.39, 0.29) is 77.2 Å². The maximum absolute atomic E-state index is 14.4. The standard InChI is InChI=1S/C62H90N13O14P/c1-29-20-39-40(21-30(29)2)75(28-70-39)57-52(84)53(41(27-76)87-57)89-90(85,86)88-31(3)26-69-49(83)18-19-59(8)37(22-46(66)80)56-62(11)61(10,25-48(68)82)36(14-17-45(65)79)51(74-62)33(5)55-60(9,24-47(67)81)34(12-15-43(63)77)38(71-55)23-42-58(6,7)35(13-16-44(64)78)50(72-42)32(4)54(59)73-56/h20-21,23,28,31,34-37,41,52-53,56-57,71,76,84H,12-19,22,24-27H2,1-11H3,(H2,63,77)(H2,64,78)(H2,65,79)(H2,66,80)(H2,67,81)(H2,68,82)(H,69,83)(H,85,86)/b38-23?,50-32?,55-33-/t31?,34-,35-,36-,37+,41-,52-,53-,56?,57+,59-,60+,61+,62?/m1/s1. The number of primary amides is 6. The van der Waals surface area contributed by atoms with Gasteiger partial charge >= 0.3 is 7.82 Å². The summed E-state index contributed by atoms with van der Waals surface area (Å²) in [5.41, 5.74) is 37.4. The number of aliphatic hydroxyl groups is 2. The van der Waals surface area contributed by atoms with Crippen LogP contribution in [0.4, 0.5) is 0 Å². The van der Waals surface area contributed by atoms with E-state index < -0.39 is 143 Å².